The molecule has 0 spiro atoms. The van der Waals surface area contributed by atoms with Crippen molar-refractivity contribution in [2.24, 2.45) is 5.92 Å². The highest BCUT2D eigenvalue weighted by Gasteiger charge is 2.18. The highest BCUT2D eigenvalue weighted by atomic mass is 35.5. The first-order valence-corrected chi connectivity index (χ1v) is 6.63. The van der Waals surface area contributed by atoms with Crippen molar-refractivity contribution in [1.82, 2.24) is 5.32 Å². The molecule has 0 aliphatic carbocycles. The molecule has 0 bridgehead atoms. The zero-order valence-corrected chi connectivity index (χ0v) is 11.3. The molecule has 2 nitrogen and oxygen atoms in total. The van der Waals surface area contributed by atoms with Gasteiger partial charge in [-0.2, -0.15) is 0 Å². The predicted octanol–water partition coefficient (Wildman–Crippen LogP) is 3.20. The molecule has 0 amide bonds. The summed E-state index contributed by atoms with van der Waals surface area (Å²) in [6, 6.07) is 3.90. The third-order valence-electron chi connectivity index (χ3n) is 3.66. The largest absolute Gasteiger partial charge is 0.496 e. The van der Waals surface area contributed by atoms with Crippen LogP contribution in [-0.4, -0.2) is 20.2 Å². The van der Waals surface area contributed by atoms with E-state index < -0.39 is 0 Å². The average Bonchev–Trinajstić information content (AvgIpc) is 2.37. The SMILES string of the molecule is COc1ccc(Cl)c(C)c1CC1CCNCC1. The molecule has 1 heterocycles. The number of halogens is 1. The van der Waals surface area contributed by atoms with Gasteiger partial charge >= 0.3 is 0 Å². The number of rotatable bonds is 3. The van der Waals surface area contributed by atoms with Gasteiger partial charge in [-0.3, -0.25) is 0 Å². The Kier molecular flexibility index (Phi) is 4.30. The lowest BCUT2D eigenvalue weighted by Gasteiger charge is -2.24. The van der Waals surface area contributed by atoms with Crippen LogP contribution in [0.2, 0.25) is 5.02 Å². The highest BCUT2D eigenvalue weighted by Crippen LogP contribution is 2.31. The summed E-state index contributed by atoms with van der Waals surface area (Å²) in [6.07, 6.45) is 3.57. The molecule has 3 heteroatoms. The Hall–Kier alpha value is -0.730. The second-order valence-corrected chi connectivity index (χ2v) is 5.16. The molecule has 1 fully saturated rings. The number of hydrogen-bond donors (Lipinski definition) is 1. The zero-order chi connectivity index (χ0) is 12.3. The van der Waals surface area contributed by atoms with Crippen LogP contribution in [0.25, 0.3) is 0 Å². The van der Waals surface area contributed by atoms with Crippen molar-refractivity contribution in [2.45, 2.75) is 26.2 Å². The second kappa shape index (κ2) is 5.74. The van der Waals surface area contributed by atoms with E-state index in [1.165, 1.54) is 24.0 Å². The van der Waals surface area contributed by atoms with Crippen molar-refractivity contribution in [2.75, 3.05) is 20.2 Å². The molecule has 1 N–H and O–H groups in total. The minimum Gasteiger partial charge on any atom is -0.496 e. The first-order chi connectivity index (χ1) is 8.22. The normalized spacial score (nSPS) is 17.1. The summed E-state index contributed by atoms with van der Waals surface area (Å²) >= 11 is 6.19. The van der Waals surface area contributed by atoms with Gasteiger partial charge in [-0.15, -0.1) is 0 Å². The number of nitrogens with one attached hydrogen (secondary N) is 1. The Balaban J connectivity index is 2.20. The lowest BCUT2D eigenvalue weighted by Crippen LogP contribution is -2.28. The van der Waals surface area contributed by atoms with Crippen LogP contribution in [0.1, 0.15) is 24.0 Å². The lowest BCUT2D eigenvalue weighted by molar-refractivity contribution is 0.360. The van der Waals surface area contributed by atoms with Gasteiger partial charge in [-0.05, 0) is 68.5 Å². The molecule has 1 aliphatic heterocycles. The van der Waals surface area contributed by atoms with E-state index in [1.54, 1.807) is 7.11 Å². The highest BCUT2D eigenvalue weighted by molar-refractivity contribution is 6.31. The summed E-state index contributed by atoms with van der Waals surface area (Å²) in [4.78, 5) is 0. The smallest absolute Gasteiger partial charge is 0.122 e. The van der Waals surface area contributed by atoms with Crippen LogP contribution in [0.15, 0.2) is 12.1 Å². The van der Waals surface area contributed by atoms with Crippen molar-refractivity contribution in [3.8, 4) is 5.75 Å². The number of piperidine rings is 1. The maximum atomic E-state index is 6.19. The van der Waals surface area contributed by atoms with Crippen LogP contribution >= 0.6 is 11.6 Å². The van der Waals surface area contributed by atoms with Crippen molar-refractivity contribution in [1.29, 1.82) is 0 Å². The summed E-state index contributed by atoms with van der Waals surface area (Å²) in [5, 5.41) is 4.24. The minimum atomic E-state index is 0.752. The molecule has 0 atom stereocenters. The molecular weight excluding hydrogens is 234 g/mol. The van der Waals surface area contributed by atoms with Crippen molar-refractivity contribution >= 4 is 11.6 Å². The predicted molar refractivity (Wildman–Crippen MR) is 72.0 cm³/mol. The van der Waals surface area contributed by atoms with Gasteiger partial charge in [0, 0.05) is 5.02 Å². The lowest BCUT2D eigenvalue weighted by atomic mass is 9.89. The maximum Gasteiger partial charge on any atom is 0.122 e. The van der Waals surface area contributed by atoms with Crippen LogP contribution in [0.4, 0.5) is 0 Å². The molecule has 0 unspecified atom stereocenters. The van der Waals surface area contributed by atoms with Gasteiger partial charge in [-0.1, -0.05) is 11.6 Å². The van der Waals surface area contributed by atoms with Gasteiger partial charge in [0.25, 0.3) is 0 Å². The van der Waals surface area contributed by atoms with Crippen molar-refractivity contribution < 1.29 is 4.74 Å². The van der Waals surface area contributed by atoms with Gasteiger partial charge in [0.2, 0.25) is 0 Å². The van der Waals surface area contributed by atoms with Gasteiger partial charge < -0.3 is 10.1 Å². The fourth-order valence-electron chi connectivity index (χ4n) is 2.52. The van der Waals surface area contributed by atoms with Crippen molar-refractivity contribution in [3.05, 3.63) is 28.3 Å². The molecule has 1 saturated heterocycles. The number of ether oxygens (including phenoxy) is 1. The number of methoxy groups -OCH3 is 1. The Morgan fingerprint density at radius 1 is 1.35 bits per heavy atom. The molecule has 1 aromatic carbocycles. The Bertz CT molecular complexity index is 386. The maximum absolute atomic E-state index is 6.19. The molecule has 0 saturated carbocycles. The number of benzene rings is 1. The van der Waals surface area contributed by atoms with E-state index in [4.69, 9.17) is 16.3 Å². The van der Waals surface area contributed by atoms with E-state index in [0.29, 0.717) is 0 Å². The Morgan fingerprint density at radius 2 is 2.06 bits per heavy atom. The van der Waals surface area contributed by atoms with Gasteiger partial charge in [0.15, 0.2) is 0 Å². The Labute approximate surface area is 108 Å². The number of hydrogen-bond acceptors (Lipinski definition) is 2. The molecule has 0 radical (unpaired) electrons. The van der Waals surface area contributed by atoms with E-state index in [2.05, 4.69) is 12.2 Å². The van der Waals surface area contributed by atoms with Gasteiger partial charge in [0.1, 0.15) is 5.75 Å². The minimum absolute atomic E-state index is 0.752. The quantitative estimate of drug-likeness (QED) is 0.893. The first-order valence-electron chi connectivity index (χ1n) is 6.25. The van der Waals surface area contributed by atoms with E-state index >= 15 is 0 Å². The van der Waals surface area contributed by atoms with E-state index in [-0.39, 0.29) is 0 Å². The van der Waals surface area contributed by atoms with Crippen molar-refractivity contribution in [3.63, 3.8) is 0 Å². The molecule has 1 aliphatic rings. The van der Waals surface area contributed by atoms with E-state index in [9.17, 15) is 0 Å². The van der Waals surface area contributed by atoms with E-state index in [0.717, 1.165) is 36.2 Å². The second-order valence-electron chi connectivity index (χ2n) is 4.75. The Morgan fingerprint density at radius 3 is 2.71 bits per heavy atom. The fourth-order valence-corrected chi connectivity index (χ4v) is 2.70. The standard InChI is InChI=1S/C14H20ClNO/c1-10-12(9-11-5-7-16-8-6-11)14(17-2)4-3-13(10)15/h3-4,11,16H,5-9H2,1-2H3. The zero-order valence-electron chi connectivity index (χ0n) is 10.6. The van der Waals surface area contributed by atoms with Crippen LogP contribution < -0.4 is 10.1 Å². The summed E-state index contributed by atoms with van der Waals surface area (Å²) in [5.41, 5.74) is 2.46. The molecular formula is C14H20ClNO. The van der Waals surface area contributed by atoms with E-state index in [1.807, 2.05) is 12.1 Å². The molecule has 0 aromatic heterocycles. The van der Waals surface area contributed by atoms with Crippen LogP contribution in [0.5, 0.6) is 5.75 Å². The average molecular weight is 254 g/mol. The topological polar surface area (TPSA) is 21.3 Å². The monoisotopic (exact) mass is 253 g/mol. The summed E-state index contributed by atoms with van der Waals surface area (Å²) in [7, 11) is 1.73. The van der Waals surface area contributed by atoms with Crippen LogP contribution in [0, 0.1) is 12.8 Å². The summed E-state index contributed by atoms with van der Waals surface area (Å²) in [6.45, 7) is 4.35. The molecule has 1 aromatic rings. The molecule has 17 heavy (non-hydrogen) atoms. The first kappa shape index (κ1) is 12.7. The van der Waals surface area contributed by atoms with Crippen LogP contribution in [-0.2, 0) is 6.42 Å². The molecule has 2 rings (SSSR count). The fraction of sp³-hybridized carbons (Fsp3) is 0.571. The van der Waals surface area contributed by atoms with Gasteiger partial charge in [-0.25, -0.2) is 0 Å². The summed E-state index contributed by atoms with van der Waals surface area (Å²) in [5.74, 6) is 1.73. The summed E-state index contributed by atoms with van der Waals surface area (Å²) < 4.78 is 5.45. The third-order valence-corrected chi connectivity index (χ3v) is 4.07. The third kappa shape index (κ3) is 2.93. The molecule has 94 valence electrons. The van der Waals surface area contributed by atoms with Crippen LogP contribution in [0.3, 0.4) is 0 Å². The van der Waals surface area contributed by atoms with Gasteiger partial charge in [0.05, 0.1) is 7.11 Å².